The van der Waals surface area contributed by atoms with Crippen LogP contribution < -0.4 is 49.1 Å². The highest BCUT2D eigenvalue weighted by Gasteiger charge is 2.38. The molecule has 3 aromatic carbocycles. The molecule has 12 N–H and O–H groups in total. The largest absolute Gasteiger partial charge is 0.370 e. The Kier molecular flexibility index (Phi) is 19.4. The van der Waals surface area contributed by atoms with E-state index in [9.17, 15) is 38.4 Å². The van der Waals surface area contributed by atoms with Gasteiger partial charge in [0.15, 0.2) is 5.96 Å². The molecule has 69 heavy (non-hydrogen) atoms. The van der Waals surface area contributed by atoms with E-state index in [2.05, 4.69) is 41.9 Å². The fraction of sp³-hybridized carbons (Fsp3) is 0.375. The summed E-state index contributed by atoms with van der Waals surface area (Å²) in [5.74, 6) is -5.50. The number of primary amides is 1. The van der Waals surface area contributed by atoms with Crippen molar-refractivity contribution < 1.29 is 38.4 Å². The van der Waals surface area contributed by atoms with E-state index in [1.807, 2.05) is 42.5 Å². The predicted molar refractivity (Wildman–Crippen MR) is 259 cm³/mol. The Balaban J connectivity index is 1.33. The van der Waals surface area contributed by atoms with Crippen LogP contribution in [0.2, 0.25) is 5.02 Å². The number of halogens is 1. The summed E-state index contributed by atoms with van der Waals surface area (Å²) in [5.41, 5.74) is 18.1. The van der Waals surface area contributed by atoms with Crippen LogP contribution >= 0.6 is 11.6 Å². The molecule has 0 spiro atoms. The maximum absolute atomic E-state index is 14.4. The number of nitrogens with two attached hydrogens (primary N) is 3. The lowest BCUT2D eigenvalue weighted by Gasteiger charge is -2.29. The first-order valence-corrected chi connectivity index (χ1v) is 22.9. The summed E-state index contributed by atoms with van der Waals surface area (Å²) in [4.78, 5) is 117. The number of aliphatic imine (C=N–C) groups is 1. The predicted octanol–water partition coefficient (Wildman–Crippen LogP) is 0.0260. The van der Waals surface area contributed by atoms with Gasteiger partial charge in [-0.05, 0) is 78.8 Å². The van der Waals surface area contributed by atoms with Crippen molar-refractivity contribution in [2.24, 2.45) is 22.2 Å². The van der Waals surface area contributed by atoms with Gasteiger partial charge >= 0.3 is 0 Å². The number of amides is 8. The number of carbonyl (C=O) groups excluding carboxylic acids is 8. The van der Waals surface area contributed by atoms with E-state index in [4.69, 9.17) is 28.8 Å². The Bertz CT molecular complexity index is 2510. The topological polar surface area (TPSA) is 315 Å². The summed E-state index contributed by atoms with van der Waals surface area (Å²) in [7, 11) is 0. The summed E-state index contributed by atoms with van der Waals surface area (Å²) in [5, 5.41) is 18.3. The quantitative estimate of drug-likeness (QED) is 0.0271. The van der Waals surface area contributed by atoms with Crippen LogP contribution in [0.4, 0.5) is 0 Å². The standard InChI is InChI=1S/C48H59ClN12O8/c1-28(42(50)64)56-46(68)40-13-8-22-61(40)47(69)36(12-7-21-54-48(51)52)58-41(63)27-55-43(65)39(26-35-11-5-6-20-53-35)60-45(67)38(24-30-15-18-34(49)19-16-30)59-44(66)37(57-29(2)62)25-31-14-17-32-9-3-4-10-33(32)23-31/h3-6,9-11,14-20,23,28,36-40H,7-8,12-13,21-22,24-27H2,1-2H3,(H2,50,64)(H,55,65)(H,56,68)(H,57,62)(H,58,63)(H,59,66)(H,60,67)(H4,51,52,54)/t28-,36-,37-,38-,39-,40+/m1/s1. The van der Waals surface area contributed by atoms with Gasteiger partial charge in [-0.3, -0.25) is 48.3 Å². The Morgan fingerprint density at radius 2 is 1.38 bits per heavy atom. The van der Waals surface area contributed by atoms with Crippen LogP contribution in [0.15, 0.2) is 96.1 Å². The molecule has 0 bridgehead atoms. The van der Waals surface area contributed by atoms with Gasteiger partial charge in [-0.1, -0.05) is 72.3 Å². The maximum atomic E-state index is 14.4. The van der Waals surface area contributed by atoms with Crippen LogP contribution in [-0.4, -0.2) is 119 Å². The number of nitrogens with one attached hydrogen (secondary N) is 6. The second kappa shape index (κ2) is 25.5. The van der Waals surface area contributed by atoms with Gasteiger partial charge in [-0.15, -0.1) is 0 Å². The number of likely N-dealkylation sites (tertiary alicyclic amines) is 1. The van der Waals surface area contributed by atoms with E-state index >= 15 is 0 Å². The van der Waals surface area contributed by atoms with Gasteiger partial charge in [0, 0.05) is 56.2 Å². The summed E-state index contributed by atoms with van der Waals surface area (Å²) < 4.78 is 0. The van der Waals surface area contributed by atoms with E-state index < -0.39 is 90.1 Å². The van der Waals surface area contributed by atoms with E-state index in [1.165, 1.54) is 24.9 Å². The molecule has 1 aliphatic heterocycles. The van der Waals surface area contributed by atoms with Crippen molar-refractivity contribution >= 4 is 75.6 Å². The molecule has 20 nitrogen and oxygen atoms in total. The lowest BCUT2D eigenvalue weighted by atomic mass is 10.00. The number of carbonyl (C=O) groups is 8. The molecule has 1 aromatic heterocycles. The van der Waals surface area contributed by atoms with Gasteiger partial charge in [0.1, 0.15) is 36.3 Å². The highest BCUT2D eigenvalue weighted by Crippen LogP contribution is 2.21. The number of hydrogen-bond acceptors (Lipinski definition) is 10. The Morgan fingerprint density at radius 1 is 0.739 bits per heavy atom. The minimum atomic E-state index is -1.34. The maximum Gasteiger partial charge on any atom is 0.245 e. The van der Waals surface area contributed by atoms with E-state index in [0.717, 1.165) is 16.3 Å². The average molecular weight is 968 g/mol. The molecule has 0 aliphatic carbocycles. The van der Waals surface area contributed by atoms with E-state index in [1.54, 1.807) is 42.5 Å². The molecule has 21 heteroatoms. The van der Waals surface area contributed by atoms with Gasteiger partial charge in [0.25, 0.3) is 0 Å². The van der Waals surface area contributed by atoms with Gasteiger partial charge in [-0.25, -0.2) is 0 Å². The monoisotopic (exact) mass is 966 g/mol. The van der Waals surface area contributed by atoms with Crippen molar-refractivity contribution in [3.05, 3.63) is 113 Å². The number of hydrogen-bond donors (Lipinski definition) is 9. The van der Waals surface area contributed by atoms with Gasteiger partial charge in [0.05, 0.1) is 6.54 Å². The fourth-order valence-corrected chi connectivity index (χ4v) is 7.91. The number of aromatic nitrogens is 1. The number of fused-ring (bicyclic) bond motifs is 1. The zero-order valence-electron chi connectivity index (χ0n) is 38.4. The number of benzene rings is 3. The van der Waals surface area contributed by atoms with Crippen molar-refractivity contribution in [3.8, 4) is 0 Å². The van der Waals surface area contributed by atoms with Gasteiger partial charge in [-0.2, -0.15) is 0 Å². The van der Waals surface area contributed by atoms with Crippen molar-refractivity contribution in [1.29, 1.82) is 0 Å². The molecule has 0 saturated carbocycles. The highest BCUT2D eigenvalue weighted by molar-refractivity contribution is 6.30. The molecule has 2 heterocycles. The molecular weight excluding hydrogens is 908 g/mol. The second-order valence-corrected chi connectivity index (χ2v) is 17.2. The Labute approximate surface area is 404 Å². The summed E-state index contributed by atoms with van der Waals surface area (Å²) in [6, 6.07) is 18.3. The van der Waals surface area contributed by atoms with Crippen molar-refractivity contribution in [1.82, 2.24) is 41.8 Å². The highest BCUT2D eigenvalue weighted by atomic mass is 35.5. The first-order valence-electron chi connectivity index (χ1n) is 22.5. The zero-order chi connectivity index (χ0) is 50.0. The molecule has 1 saturated heterocycles. The normalized spacial score (nSPS) is 15.3. The Hall–Kier alpha value is -7.61. The van der Waals surface area contributed by atoms with Gasteiger partial charge < -0.3 is 54.0 Å². The molecule has 0 radical (unpaired) electrons. The van der Waals surface area contributed by atoms with Crippen LogP contribution in [-0.2, 0) is 57.6 Å². The molecule has 5 rings (SSSR count). The van der Waals surface area contributed by atoms with Crippen LogP contribution in [0.1, 0.15) is 56.4 Å². The van der Waals surface area contributed by atoms with E-state index in [0.29, 0.717) is 29.1 Å². The summed E-state index contributed by atoms with van der Waals surface area (Å²) in [6.07, 6.45) is 2.55. The molecule has 6 atom stereocenters. The number of nitrogens with zero attached hydrogens (tertiary/aromatic N) is 3. The number of guanidine groups is 1. The first kappa shape index (κ1) is 52.4. The molecule has 1 aliphatic rings. The second-order valence-electron chi connectivity index (χ2n) is 16.7. The van der Waals surface area contributed by atoms with Crippen LogP contribution in [0.3, 0.4) is 0 Å². The third kappa shape index (κ3) is 16.3. The minimum absolute atomic E-state index is 0.0415. The third-order valence-electron chi connectivity index (χ3n) is 11.3. The molecule has 366 valence electrons. The van der Waals surface area contributed by atoms with Crippen LogP contribution in [0.25, 0.3) is 10.8 Å². The molecular formula is C48H59ClN12O8. The lowest BCUT2D eigenvalue weighted by Crippen LogP contribution is -2.58. The fourth-order valence-electron chi connectivity index (χ4n) is 7.78. The van der Waals surface area contributed by atoms with Crippen LogP contribution in [0.5, 0.6) is 0 Å². The number of rotatable bonds is 23. The average Bonchev–Trinajstić information content (AvgIpc) is 3.82. The number of pyridine rings is 1. The zero-order valence-corrected chi connectivity index (χ0v) is 39.2. The van der Waals surface area contributed by atoms with Crippen LogP contribution in [0, 0.1) is 0 Å². The molecule has 0 unspecified atom stereocenters. The van der Waals surface area contributed by atoms with Crippen molar-refractivity contribution in [2.75, 3.05) is 19.6 Å². The summed E-state index contributed by atoms with van der Waals surface area (Å²) in [6.45, 7) is 2.40. The Morgan fingerprint density at radius 3 is 2.03 bits per heavy atom. The van der Waals surface area contributed by atoms with Crippen molar-refractivity contribution in [3.63, 3.8) is 0 Å². The molecule has 4 aromatic rings. The summed E-state index contributed by atoms with van der Waals surface area (Å²) >= 11 is 6.16. The SMILES string of the molecule is CC(=O)N[C@H](Cc1ccc2ccccc2c1)C(=O)N[C@H](Cc1ccc(Cl)cc1)C(=O)N[C@H](Cc1ccccn1)C(=O)NCC(=O)N[C@H](CCCN=C(N)N)C(=O)N1CCC[C@H]1C(=O)N[C@H](C)C(N)=O. The van der Waals surface area contributed by atoms with Gasteiger partial charge in [0.2, 0.25) is 47.3 Å². The smallest absolute Gasteiger partial charge is 0.245 e. The van der Waals surface area contributed by atoms with Crippen molar-refractivity contribution in [2.45, 2.75) is 95.0 Å². The first-order chi connectivity index (χ1) is 33.0. The molecule has 1 fully saturated rings. The lowest BCUT2D eigenvalue weighted by molar-refractivity contribution is -0.142. The minimum Gasteiger partial charge on any atom is -0.370 e. The third-order valence-corrected chi connectivity index (χ3v) is 11.6. The molecule has 8 amide bonds. The van der Waals surface area contributed by atoms with E-state index in [-0.39, 0.29) is 51.2 Å².